The average molecular weight is 422 g/mol. The Morgan fingerprint density at radius 3 is 2.41 bits per heavy atom. The van der Waals surface area contributed by atoms with Crippen LogP contribution in [0.2, 0.25) is 5.02 Å². The number of amides is 3. The number of carbonyl (C=O) groups excluding carboxylic acids is 2. The number of anilines is 1. The quantitative estimate of drug-likeness (QED) is 0.659. The second kappa shape index (κ2) is 10.9. The molecule has 0 bridgehead atoms. The van der Waals surface area contributed by atoms with Crippen LogP contribution < -0.4 is 5.32 Å². The molecule has 0 aliphatic rings. The molecule has 29 heavy (non-hydrogen) atoms. The van der Waals surface area contributed by atoms with Gasteiger partial charge < -0.3 is 24.3 Å². The summed E-state index contributed by atoms with van der Waals surface area (Å²) in [5, 5.41) is 3.39. The van der Waals surface area contributed by atoms with Crippen molar-refractivity contribution in [2.24, 2.45) is 0 Å². The first-order chi connectivity index (χ1) is 13.8. The smallest absolute Gasteiger partial charge is 0.322 e. The lowest BCUT2D eigenvalue weighted by Gasteiger charge is -2.29. The molecule has 158 valence electrons. The van der Waals surface area contributed by atoms with Gasteiger partial charge >= 0.3 is 6.03 Å². The number of hydrogen-bond acceptors (Lipinski definition) is 4. The van der Waals surface area contributed by atoms with Crippen LogP contribution in [0.15, 0.2) is 40.8 Å². The highest BCUT2D eigenvalue weighted by molar-refractivity contribution is 6.30. The largest absolute Gasteiger partial charge is 0.464 e. The molecular formula is C21H28ClN3O4. The van der Waals surface area contributed by atoms with E-state index in [4.69, 9.17) is 20.8 Å². The molecule has 0 atom stereocenters. The van der Waals surface area contributed by atoms with Gasteiger partial charge in [-0.2, -0.15) is 0 Å². The predicted octanol–water partition coefficient (Wildman–Crippen LogP) is 4.16. The van der Waals surface area contributed by atoms with Gasteiger partial charge in [-0.15, -0.1) is 0 Å². The second-order valence-corrected chi connectivity index (χ2v) is 7.42. The van der Waals surface area contributed by atoms with Gasteiger partial charge in [0.2, 0.25) is 5.91 Å². The zero-order valence-electron chi connectivity index (χ0n) is 17.3. The molecule has 7 nitrogen and oxygen atoms in total. The first-order valence-electron chi connectivity index (χ1n) is 9.45. The topological polar surface area (TPSA) is 75.0 Å². The minimum absolute atomic E-state index is 0.0551. The number of furan rings is 1. The number of hydrogen-bond donors (Lipinski definition) is 1. The maximum atomic E-state index is 13.0. The fraction of sp³-hybridized carbons (Fsp3) is 0.429. The molecule has 0 aliphatic heterocycles. The van der Waals surface area contributed by atoms with Gasteiger partial charge in [-0.1, -0.05) is 11.6 Å². The van der Waals surface area contributed by atoms with Crippen molar-refractivity contribution >= 4 is 29.2 Å². The third-order valence-corrected chi connectivity index (χ3v) is 4.60. The van der Waals surface area contributed by atoms with Crippen molar-refractivity contribution in [3.63, 3.8) is 0 Å². The van der Waals surface area contributed by atoms with E-state index in [9.17, 15) is 9.59 Å². The second-order valence-electron chi connectivity index (χ2n) is 6.98. The van der Waals surface area contributed by atoms with Crippen LogP contribution in [0.1, 0.15) is 25.4 Å². The molecule has 0 fully saturated rings. The Labute approximate surface area is 176 Å². The molecule has 0 unspecified atom stereocenters. The molecule has 2 rings (SSSR count). The van der Waals surface area contributed by atoms with E-state index in [1.54, 1.807) is 36.3 Å². The lowest BCUT2D eigenvalue weighted by Crippen LogP contribution is -2.47. The molecular weight excluding hydrogens is 394 g/mol. The number of urea groups is 1. The van der Waals surface area contributed by atoms with Crippen molar-refractivity contribution in [2.45, 2.75) is 33.4 Å². The zero-order valence-corrected chi connectivity index (χ0v) is 18.0. The summed E-state index contributed by atoms with van der Waals surface area (Å²) in [7, 11) is 1.58. The fourth-order valence-corrected chi connectivity index (χ4v) is 2.84. The van der Waals surface area contributed by atoms with Crippen molar-refractivity contribution in [3.8, 4) is 0 Å². The van der Waals surface area contributed by atoms with Crippen LogP contribution in [0.25, 0.3) is 0 Å². The number of nitrogens with one attached hydrogen (secondary N) is 1. The molecule has 0 saturated heterocycles. The molecule has 1 N–H and O–H groups in total. The molecule has 1 aromatic heterocycles. The highest BCUT2D eigenvalue weighted by Gasteiger charge is 2.24. The number of nitrogens with zero attached hydrogens (tertiary/aromatic N) is 2. The number of ether oxygens (including phenoxy) is 1. The van der Waals surface area contributed by atoms with Crippen molar-refractivity contribution in [1.82, 2.24) is 9.80 Å². The van der Waals surface area contributed by atoms with Gasteiger partial charge in [0.15, 0.2) is 0 Å². The Bertz CT molecular complexity index is 805. The summed E-state index contributed by atoms with van der Waals surface area (Å²) in [6.45, 7) is 6.64. The number of rotatable bonds is 9. The van der Waals surface area contributed by atoms with Crippen LogP contribution in [0, 0.1) is 6.92 Å². The van der Waals surface area contributed by atoms with E-state index in [0.29, 0.717) is 36.2 Å². The maximum absolute atomic E-state index is 13.0. The minimum atomic E-state index is -0.351. The van der Waals surface area contributed by atoms with Gasteiger partial charge in [0.05, 0.1) is 13.2 Å². The molecule has 1 aromatic carbocycles. The lowest BCUT2D eigenvalue weighted by atomic mass is 10.3. The van der Waals surface area contributed by atoms with Crippen LogP contribution in [0.3, 0.4) is 0 Å². The van der Waals surface area contributed by atoms with Crippen molar-refractivity contribution < 1.29 is 18.7 Å². The minimum Gasteiger partial charge on any atom is -0.464 e. The SMILES string of the molecule is COCCN(Cc1ccc(C)o1)C(=O)CN(C(=O)Nc1ccc(Cl)cc1)C(C)C. The number of carbonyl (C=O) groups is 2. The van der Waals surface area contributed by atoms with E-state index in [1.165, 1.54) is 4.90 Å². The van der Waals surface area contributed by atoms with Crippen LogP contribution in [-0.2, 0) is 16.1 Å². The molecule has 2 aromatic rings. The van der Waals surface area contributed by atoms with Crippen molar-refractivity contribution in [3.05, 3.63) is 52.9 Å². The Kier molecular flexibility index (Phi) is 8.54. The summed E-state index contributed by atoms with van der Waals surface area (Å²) in [5.41, 5.74) is 0.611. The van der Waals surface area contributed by atoms with E-state index >= 15 is 0 Å². The number of halogens is 1. The first-order valence-corrected chi connectivity index (χ1v) is 9.83. The van der Waals surface area contributed by atoms with Gasteiger partial charge in [0.25, 0.3) is 0 Å². The van der Waals surface area contributed by atoms with E-state index in [2.05, 4.69) is 5.32 Å². The summed E-state index contributed by atoms with van der Waals surface area (Å²) >= 11 is 5.88. The summed E-state index contributed by atoms with van der Waals surface area (Å²) in [5.74, 6) is 1.29. The van der Waals surface area contributed by atoms with E-state index < -0.39 is 0 Å². The van der Waals surface area contributed by atoms with Crippen LogP contribution in [0.5, 0.6) is 0 Å². The van der Waals surface area contributed by atoms with Gasteiger partial charge in [0, 0.05) is 30.4 Å². The van der Waals surface area contributed by atoms with Crippen LogP contribution >= 0.6 is 11.6 Å². The fourth-order valence-electron chi connectivity index (χ4n) is 2.71. The third kappa shape index (κ3) is 7.11. The monoisotopic (exact) mass is 421 g/mol. The van der Waals surface area contributed by atoms with E-state index in [0.717, 1.165) is 5.76 Å². The summed E-state index contributed by atoms with van der Waals surface area (Å²) < 4.78 is 10.7. The third-order valence-electron chi connectivity index (χ3n) is 4.35. The average Bonchev–Trinajstić information content (AvgIpc) is 3.09. The zero-order chi connectivity index (χ0) is 21.4. The molecule has 0 spiro atoms. The van der Waals surface area contributed by atoms with Crippen molar-refractivity contribution in [1.29, 1.82) is 0 Å². The molecule has 8 heteroatoms. The highest BCUT2D eigenvalue weighted by atomic mass is 35.5. The molecule has 0 saturated carbocycles. The Morgan fingerprint density at radius 1 is 1.17 bits per heavy atom. The summed E-state index contributed by atoms with van der Waals surface area (Å²) in [4.78, 5) is 28.8. The normalized spacial score (nSPS) is 10.8. The molecule has 3 amide bonds. The highest BCUT2D eigenvalue weighted by Crippen LogP contribution is 2.15. The van der Waals surface area contributed by atoms with Crippen LogP contribution in [0.4, 0.5) is 10.5 Å². The van der Waals surface area contributed by atoms with Gasteiger partial charge in [0.1, 0.15) is 18.1 Å². The van der Waals surface area contributed by atoms with E-state index in [-0.39, 0.29) is 24.5 Å². The lowest BCUT2D eigenvalue weighted by molar-refractivity contribution is -0.133. The first kappa shape index (κ1) is 22.8. The summed E-state index contributed by atoms with van der Waals surface area (Å²) in [6, 6.07) is 10.00. The Morgan fingerprint density at radius 2 is 1.86 bits per heavy atom. The van der Waals surface area contributed by atoms with Gasteiger partial charge in [-0.3, -0.25) is 4.79 Å². The number of benzene rings is 1. The predicted molar refractivity (Wildman–Crippen MR) is 113 cm³/mol. The van der Waals surface area contributed by atoms with Crippen molar-refractivity contribution in [2.75, 3.05) is 32.1 Å². The maximum Gasteiger partial charge on any atom is 0.322 e. The number of methoxy groups -OCH3 is 1. The Balaban J connectivity index is 2.07. The standard InChI is InChI=1S/C21H28ClN3O4/c1-15(2)25(21(27)23-18-8-6-17(22)7-9-18)14-20(26)24(11-12-28-4)13-19-10-5-16(3)29-19/h5-10,15H,11-14H2,1-4H3,(H,23,27). The molecule has 1 heterocycles. The molecule has 0 aliphatic carbocycles. The Hall–Kier alpha value is -2.51. The number of aryl methyl sites for hydroxylation is 1. The van der Waals surface area contributed by atoms with Crippen LogP contribution in [-0.4, -0.2) is 54.6 Å². The van der Waals surface area contributed by atoms with Gasteiger partial charge in [-0.05, 0) is 57.2 Å². The molecule has 0 radical (unpaired) electrons. The van der Waals surface area contributed by atoms with E-state index in [1.807, 2.05) is 32.9 Å². The summed E-state index contributed by atoms with van der Waals surface area (Å²) in [6.07, 6.45) is 0. The van der Waals surface area contributed by atoms with Gasteiger partial charge in [-0.25, -0.2) is 4.79 Å².